The van der Waals surface area contributed by atoms with Gasteiger partial charge in [-0.3, -0.25) is 0 Å². The number of nitrogens with zero attached hydrogens (tertiary/aromatic N) is 1. The lowest BCUT2D eigenvalue weighted by Gasteiger charge is -2.28. The van der Waals surface area contributed by atoms with Crippen LogP contribution < -0.4 is 5.32 Å². The largest absolute Gasteiger partial charge is 0.504 e. The lowest BCUT2D eigenvalue weighted by atomic mass is 9.89. The van der Waals surface area contributed by atoms with Crippen LogP contribution in [-0.4, -0.2) is 21.7 Å². The minimum Gasteiger partial charge on any atom is -0.504 e. The summed E-state index contributed by atoms with van der Waals surface area (Å²) in [5.74, 6) is -0.213. The molecule has 2 aromatic carbocycles. The SMILES string of the molecule is Oc1cc2c(cc1O)[C@@H](c1cc3ccccc3nc1Cl)NCC2. The molecule has 0 spiro atoms. The third kappa shape index (κ3) is 2.40. The molecule has 1 atom stereocenters. The zero-order chi connectivity index (χ0) is 16.0. The van der Waals surface area contributed by atoms with Crippen LogP contribution >= 0.6 is 11.6 Å². The quantitative estimate of drug-likeness (QED) is 0.473. The number of benzene rings is 2. The molecule has 0 unspecified atom stereocenters. The second kappa shape index (κ2) is 5.41. The van der Waals surface area contributed by atoms with Crippen LogP contribution in [0.4, 0.5) is 0 Å². The maximum absolute atomic E-state index is 9.85. The van der Waals surface area contributed by atoms with Crippen LogP contribution in [0, 0.1) is 0 Å². The number of rotatable bonds is 1. The van der Waals surface area contributed by atoms with Crippen molar-refractivity contribution in [2.45, 2.75) is 12.5 Å². The third-order valence-electron chi connectivity index (χ3n) is 4.31. The van der Waals surface area contributed by atoms with E-state index in [1.165, 1.54) is 0 Å². The molecule has 3 aromatic rings. The number of hydrogen-bond acceptors (Lipinski definition) is 4. The van der Waals surface area contributed by atoms with Gasteiger partial charge in [0.2, 0.25) is 0 Å². The van der Waals surface area contributed by atoms with E-state index < -0.39 is 0 Å². The molecule has 4 rings (SSSR count). The van der Waals surface area contributed by atoms with Crippen molar-refractivity contribution in [3.05, 3.63) is 64.3 Å². The molecule has 0 aliphatic carbocycles. The Morgan fingerprint density at radius 3 is 2.70 bits per heavy atom. The molecule has 0 fully saturated rings. The summed E-state index contributed by atoms with van der Waals surface area (Å²) in [7, 11) is 0. The molecule has 2 heterocycles. The number of hydrogen-bond donors (Lipinski definition) is 3. The molecule has 0 saturated heterocycles. The van der Waals surface area contributed by atoms with Gasteiger partial charge in [0.25, 0.3) is 0 Å². The fourth-order valence-corrected chi connectivity index (χ4v) is 3.43. The van der Waals surface area contributed by atoms with Crippen LogP contribution in [0.25, 0.3) is 10.9 Å². The molecule has 5 heteroatoms. The second-order valence-electron chi connectivity index (χ2n) is 5.74. The summed E-state index contributed by atoms with van der Waals surface area (Å²) >= 11 is 6.41. The van der Waals surface area contributed by atoms with Gasteiger partial charge in [0, 0.05) is 17.5 Å². The molecule has 0 radical (unpaired) electrons. The topological polar surface area (TPSA) is 65.4 Å². The van der Waals surface area contributed by atoms with Crippen LogP contribution in [-0.2, 0) is 6.42 Å². The summed E-state index contributed by atoms with van der Waals surface area (Å²) in [4.78, 5) is 4.48. The standard InChI is InChI=1S/C18H15ClN2O2/c19-18-13(7-11-3-1-2-4-14(11)21-18)17-12-9-16(23)15(22)8-10(12)5-6-20-17/h1-4,7-9,17,20,22-23H,5-6H2/t17-/m0/s1. The maximum Gasteiger partial charge on any atom is 0.157 e. The molecular weight excluding hydrogens is 312 g/mol. The fraction of sp³-hybridized carbons (Fsp3) is 0.167. The van der Waals surface area contributed by atoms with Crippen molar-refractivity contribution in [1.29, 1.82) is 0 Å². The normalized spacial score (nSPS) is 17.2. The highest BCUT2D eigenvalue weighted by molar-refractivity contribution is 6.30. The molecule has 116 valence electrons. The van der Waals surface area contributed by atoms with Gasteiger partial charge in [0.15, 0.2) is 11.5 Å². The highest BCUT2D eigenvalue weighted by atomic mass is 35.5. The highest BCUT2D eigenvalue weighted by Gasteiger charge is 2.25. The average Bonchev–Trinajstić information content (AvgIpc) is 2.55. The Kier molecular flexibility index (Phi) is 3.36. The van der Waals surface area contributed by atoms with Gasteiger partial charge in [0.1, 0.15) is 5.15 Å². The molecule has 23 heavy (non-hydrogen) atoms. The first-order chi connectivity index (χ1) is 11.1. The fourth-order valence-electron chi connectivity index (χ4n) is 3.17. The smallest absolute Gasteiger partial charge is 0.157 e. The maximum atomic E-state index is 9.85. The van der Waals surface area contributed by atoms with Gasteiger partial charge in [-0.05, 0) is 41.8 Å². The van der Waals surface area contributed by atoms with Crippen molar-refractivity contribution in [1.82, 2.24) is 10.3 Å². The molecule has 1 aromatic heterocycles. The van der Waals surface area contributed by atoms with E-state index in [1.54, 1.807) is 12.1 Å². The minimum absolute atomic E-state index is 0.0906. The van der Waals surface area contributed by atoms with Crippen molar-refractivity contribution in [3.63, 3.8) is 0 Å². The summed E-state index contributed by atoms with van der Waals surface area (Å²) in [6.07, 6.45) is 0.790. The van der Waals surface area contributed by atoms with Crippen LogP contribution in [0.1, 0.15) is 22.7 Å². The van der Waals surface area contributed by atoms with E-state index in [1.807, 2.05) is 30.3 Å². The van der Waals surface area contributed by atoms with Crippen LogP contribution in [0.3, 0.4) is 0 Å². The molecule has 4 nitrogen and oxygen atoms in total. The Bertz CT molecular complexity index is 911. The molecule has 1 aliphatic rings. The molecule has 0 saturated carbocycles. The Morgan fingerprint density at radius 2 is 1.83 bits per heavy atom. The summed E-state index contributed by atoms with van der Waals surface area (Å²) < 4.78 is 0. The van der Waals surface area contributed by atoms with Gasteiger partial charge >= 0.3 is 0 Å². The first kappa shape index (κ1) is 14.3. The van der Waals surface area contributed by atoms with Gasteiger partial charge in [0.05, 0.1) is 11.6 Å². The zero-order valence-corrected chi connectivity index (χ0v) is 13.0. The number of phenols is 2. The second-order valence-corrected chi connectivity index (χ2v) is 6.10. The summed E-state index contributed by atoms with van der Waals surface area (Å²) in [6, 6.07) is 12.9. The third-order valence-corrected chi connectivity index (χ3v) is 4.61. The van der Waals surface area contributed by atoms with Crippen LogP contribution in [0.2, 0.25) is 5.15 Å². The predicted molar refractivity (Wildman–Crippen MR) is 90.1 cm³/mol. The number of halogens is 1. The van der Waals surface area contributed by atoms with Crippen molar-refractivity contribution < 1.29 is 10.2 Å². The Hall–Kier alpha value is -2.30. The van der Waals surface area contributed by atoms with Gasteiger partial charge in [-0.2, -0.15) is 0 Å². The van der Waals surface area contributed by atoms with E-state index in [4.69, 9.17) is 11.6 Å². The molecular formula is C18H15ClN2O2. The van der Waals surface area contributed by atoms with Crippen molar-refractivity contribution in [2.75, 3.05) is 6.54 Å². The number of para-hydroxylation sites is 1. The summed E-state index contributed by atoms with van der Waals surface area (Å²) in [6.45, 7) is 0.769. The van der Waals surface area contributed by atoms with Gasteiger partial charge in [-0.1, -0.05) is 29.8 Å². The van der Waals surface area contributed by atoms with Crippen molar-refractivity contribution in [2.24, 2.45) is 0 Å². The van der Waals surface area contributed by atoms with Gasteiger partial charge < -0.3 is 15.5 Å². The van der Waals surface area contributed by atoms with Gasteiger partial charge in [-0.25, -0.2) is 4.98 Å². The number of fused-ring (bicyclic) bond motifs is 2. The Labute approximate surface area is 138 Å². The monoisotopic (exact) mass is 326 g/mol. The molecule has 1 aliphatic heterocycles. The molecule has 0 amide bonds. The minimum atomic E-state index is -0.158. The van der Waals surface area contributed by atoms with Crippen LogP contribution in [0.5, 0.6) is 11.5 Å². The van der Waals surface area contributed by atoms with E-state index in [0.29, 0.717) is 5.15 Å². The van der Waals surface area contributed by atoms with Crippen molar-refractivity contribution >= 4 is 22.5 Å². The lowest BCUT2D eigenvalue weighted by molar-refractivity contribution is 0.400. The summed E-state index contributed by atoms with van der Waals surface area (Å²) in [5.41, 5.74) is 3.65. The van der Waals surface area contributed by atoms with E-state index in [0.717, 1.165) is 40.6 Å². The van der Waals surface area contributed by atoms with E-state index in [2.05, 4.69) is 10.3 Å². The molecule has 3 N–H and O–H groups in total. The van der Waals surface area contributed by atoms with Crippen LogP contribution in [0.15, 0.2) is 42.5 Å². The number of phenolic OH excluding ortho intramolecular Hbond substituents is 2. The summed E-state index contributed by atoms with van der Waals surface area (Å²) in [5, 5.41) is 24.5. The first-order valence-electron chi connectivity index (χ1n) is 7.47. The number of nitrogens with one attached hydrogen (secondary N) is 1. The lowest BCUT2D eigenvalue weighted by Crippen LogP contribution is -2.30. The van der Waals surface area contributed by atoms with Gasteiger partial charge in [-0.15, -0.1) is 0 Å². The number of pyridine rings is 1. The highest BCUT2D eigenvalue weighted by Crippen LogP contribution is 2.38. The first-order valence-corrected chi connectivity index (χ1v) is 7.84. The number of aromatic nitrogens is 1. The predicted octanol–water partition coefficient (Wildman–Crippen LogP) is 3.53. The molecule has 0 bridgehead atoms. The van der Waals surface area contributed by atoms with E-state index >= 15 is 0 Å². The van der Waals surface area contributed by atoms with E-state index in [-0.39, 0.29) is 17.5 Å². The van der Waals surface area contributed by atoms with E-state index in [9.17, 15) is 10.2 Å². The Morgan fingerprint density at radius 1 is 1.04 bits per heavy atom. The average molecular weight is 327 g/mol. The van der Waals surface area contributed by atoms with Crippen molar-refractivity contribution in [3.8, 4) is 11.5 Å². The Balaban J connectivity index is 1.89. The zero-order valence-electron chi connectivity index (χ0n) is 12.3. The number of aromatic hydroxyl groups is 2.